The van der Waals surface area contributed by atoms with Gasteiger partial charge in [0.15, 0.2) is 5.16 Å². The first-order valence-electron chi connectivity index (χ1n) is 10.0. The molecule has 172 valence electrons. The van der Waals surface area contributed by atoms with Crippen LogP contribution in [-0.2, 0) is 11.3 Å². The number of thioether (sulfide) groups is 1. The molecule has 1 amide bonds. The van der Waals surface area contributed by atoms with Crippen molar-refractivity contribution >= 4 is 35.0 Å². The summed E-state index contributed by atoms with van der Waals surface area (Å²) in [4.78, 5) is 12.5. The van der Waals surface area contributed by atoms with E-state index in [2.05, 4.69) is 15.3 Å². The van der Waals surface area contributed by atoms with E-state index in [9.17, 15) is 23.1 Å². The zero-order valence-electron chi connectivity index (χ0n) is 17.3. The highest BCUT2D eigenvalue weighted by Crippen LogP contribution is 2.54. The number of halogens is 4. The molecular weight excluding hydrogens is 467 g/mol. The summed E-state index contributed by atoms with van der Waals surface area (Å²) >= 11 is 6.93. The molecule has 2 aromatic rings. The molecule has 2 aliphatic rings. The first kappa shape index (κ1) is 23.1. The van der Waals surface area contributed by atoms with Crippen molar-refractivity contribution in [1.82, 2.24) is 19.8 Å². The van der Waals surface area contributed by atoms with Gasteiger partial charge < -0.3 is 9.67 Å². The molecule has 7 nitrogen and oxygen atoms in total. The molecule has 0 bridgehead atoms. The molecule has 1 saturated carbocycles. The second-order valence-corrected chi connectivity index (χ2v) is 9.28. The Morgan fingerprint density at radius 3 is 2.59 bits per heavy atom. The van der Waals surface area contributed by atoms with E-state index >= 15 is 0 Å². The number of hydrogen-bond acceptors (Lipinski definition) is 6. The van der Waals surface area contributed by atoms with Crippen LogP contribution in [0.4, 0.5) is 13.2 Å². The number of carbonyl (C=O) groups excluding carboxylic acids is 1. The number of rotatable bonds is 6. The fraction of sp³-hybridized carbons (Fsp3) is 0.500. The lowest BCUT2D eigenvalue weighted by Crippen LogP contribution is -2.57. The normalized spacial score (nSPS) is 25.2. The third-order valence-electron chi connectivity index (χ3n) is 5.62. The van der Waals surface area contributed by atoms with Gasteiger partial charge in [-0.05, 0) is 43.9 Å². The predicted molar refractivity (Wildman–Crippen MR) is 114 cm³/mol. The van der Waals surface area contributed by atoms with Crippen LogP contribution < -0.4 is 0 Å². The number of carbonyl (C=O) groups is 1. The molecule has 12 heteroatoms. The van der Waals surface area contributed by atoms with Gasteiger partial charge in [0.05, 0.1) is 5.75 Å². The summed E-state index contributed by atoms with van der Waals surface area (Å²) in [5, 5.41) is 23.4. The lowest BCUT2D eigenvalue weighted by atomic mass is 10.1. The number of amides is 1. The second-order valence-electron chi connectivity index (χ2n) is 7.91. The first-order valence-corrected chi connectivity index (χ1v) is 11.4. The topological polar surface area (TPSA) is 83.6 Å². The van der Waals surface area contributed by atoms with E-state index in [1.165, 1.54) is 6.92 Å². The summed E-state index contributed by atoms with van der Waals surface area (Å²) in [5.74, 6) is -0.0631. The molecular formula is C20H21ClF3N5O2S. The zero-order valence-corrected chi connectivity index (χ0v) is 18.9. The van der Waals surface area contributed by atoms with E-state index < -0.39 is 24.2 Å². The van der Waals surface area contributed by atoms with Gasteiger partial charge in [-0.1, -0.05) is 35.5 Å². The van der Waals surface area contributed by atoms with Crippen molar-refractivity contribution in [3.63, 3.8) is 0 Å². The van der Waals surface area contributed by atoms with Gasteiger partial charge in [0.1, 0.15) is 5.82 Å². The van der Waals surface area contributed by atoms with Crippen molar-refractivity contribution in [2.45, 2.75) is 62.1 Å². The SMILES string of the molecule is CCn1c(SCC(=O)N2N=C(C)C[C@]2(O)C(F)(F)F)nnc1[C@H]1C[C@H]1c1ccc(Cl)cc1. The van der Waals surface area contributed by atoms with E-state index in [0.29, 0.717) is 22.6 Å². The maximum Gasteiger partial charge on any atom is 0.438 e. The van der Waals surface area contributed by atoms with Crippen LogP contribution in [0.3, 0.4) is 0 Å². The number of aromatic nitrogens is 3. The predicted octanol–water partition coefficient (Wildman–Crippen LogP) is 4.17. The van der Waals surface area contributed by atoms with Crippen LogP contribution >= 0.6 is 23.4 Å². The van der Waals surface area contributed by atoms with Crippen LogP contribution in [0.25, 0.3) is 0 Å². The molecule has 3 atom stereocenters. The average Bonchev–Trinajstić information content (AvgIpc) is 3.29. The molecule has 1 aromatic heterocycles. The molecule has 0 saturated heterocycles. The van der Waals surface area contributed by atoms with Gasteiger partial charge in [-0.3, -0.25) is 4.79 Å². The summed E-state index contributed by atoms with van der Waals surface area (Å²) in [7, 11) is 0. The zero-order chi connectivity index (χ0) is 23.3. The maximum absolute atomic E-state index is 13.4. The van der Waals surface area contributed by atoms with E-state index in [-0.39, 0.29) is 22.4 Å². The van der Waals surface area contributed by atoms with Gasteiger partial charge >= 0.3 is 6.18 Å². The number of benzene rings is 1. The smallest absolute Gasteiger partial charge is 0.362 e. The minimum absolute atomic E-state index is 0.0316. The van der Waals surface area contributed by atoms with Gasteiger partial charge in [-0.25, -0.2) is 0 Å². The summed E-state index contributed by atoms with van der Waals surface area (Å²) in [6, 6.07) is 7.64. The molecule has 1 aromatic carbocycles. The number of hydrazone groups is 1. The Hall–Kier alpha value is -2.11. The van der Waals surface area contributed by atoms with Crippen molar-refractivity contribution in [3.8, 4) is 0 Å². The van der Waals surface area contributed by atoms with Gasteiger partial charge in [-0.15, -0.1) is 10.2 Å². The number of aliphatic hydroxyl groups is 1. The molecule has 0 unspecified atom stereocenters. The quantitative estimate of drug-likeness (QED) is 0.618. The Balaban J connectivity index is 1.45. The van der Waals surface area contributed by atoms with Crippen LogP contribution in [0, 0.1) is 0 Å². The molecule has 0 spiro atoms. The van der Waals surface area contributed by atoms with Crippen LogP contribution in [0.1, 0.15) is 49.9 Å². The third-order valence-corrected chi connectivity index (χ3v) is 6.82. The molecule has 1 aliphatic carbocycles. The van der Waals surface area contributed by atoms with Crippen molar-refractivity contribution in [2.75, 3.05) is 5.75 Å². The van der Waals surface area contributed by atoms with E-state index in [0.717, 1.165) is 29.6 Å². The molecule has 1 aliphatic heterocycles. The summed E-state index contributed by atoms with van der Waals surface area (Å²) in [5.41, 5.74) is -2.13. The molecule has 1 fully saturated rings. The van der Waals surface area contributed by atoms with Gasteiger partial charge in [0, 0.05) is 29.6 Å². The van der Waals surface area contributed by atoms with E-state index in [1.807, 2.05) is 35.8 Å². The number of hydrogen-bond donors (Lipinski definition) is 1. The molecule has 32 heavy (non-hydrogen) atoms. The molecule has 1 N–H and O–H groups in total. The van der Waals surface area contributed by atoms with Gasteiger partial charge in [-0.2, -0.15) is 23.3 Å². The van der Waals surface area contributed by atoms with E-state index in [4.69, 9.17) is 11.6 Å². The minimum Gasteiger partial charge on any atom is -0.362 e. The standard InChI is InChI=1S/C20H21ClF3N5O2S/c1-3-28-17(15-8-14(15)12-4-6-13(21)7-5-12)25-26-18(28)32-10-16(30)29-19(31,20(22,23)24)9-11(2)27-29/h4-7,14-15,31H,3,8-10H2,1-2H3/t14-,15-,19-/m0/s1. The van der Waals surface area contributed by atoms with Crippen LogP contribution in [0.5, 0.6) is 0 Å². The van der Waals surface area contributed by atoms with Crippen molar-refractivity contribution in [3.05, 3.63) is 40.7 Å². The number of alkyl halides is 3. The lowest BCUT2D eigenvalue weighted by molar-refractivity contribution is -0.301. The summed E-state index contributed by atoms with van der Waals surface area (Å²) in [6.07, 6.45) is -4.88. The van der Waals surface area contributed by atoms with Gasteiger partial charge in [0.2, 0.25) is 0 Å². The highest BCUT2D eigenvalue weighted by Gasteiger charge is 2.62. The fourth-order valence-electron chi connectivity index (χ4n) is 3.93. The second kappa shape index (κ2) is 8.35. The van der Waals surface area contributed by atoms with Crippen molar-refractivity contribution in [1.29, 1.82) is 0 Å². The molecule has 2 heterocycles. The Morgan fingerprint density at radius 2 is 1.97 bits per heavy atom. The largest absolute Gasteiger partial charge is 0.438 e. The maximum atomic E-state index is 13.4. The Labute approximate surface area is 191 Å². The first-order chi connectivity index (χ1) is 15.0. The van der Waals surface area contributed by atoms with E-state index in [1.54, 1.807) is 0 Å². The van der Waals surface area contributed by atoms with Gasteiger partial charge in [0.25, 0.3) is 11.6 Å². The Morgan fingerprint density at radius 1 is 1.28 bits per heavy atom. The Kier molecular flexibility index (Phi) is 6.01. The lowest BCUT2D eigenvalue weighted by Gasteiger charge is -2.32. The van der Waals surface area contributed by atoms with Crippen LogP contribution in [-0.4, -0.2) is 54.2 Å². The molecule has 4 rings (SSSR count). The highest BCUT2D eigenvalue weighted by molar-refractivity contribution is 7.99. The average molecular weight is 488 g/mol. The third kappa shape index (κ3) is 4.13. The summed E-state index contributed by atoms with van der Waals surface area (Å²) in [6.45, 7) is 3.80. The van der Waals surface area contributed by atoms with Crippen LogP contribution in [0.15, 0.2) is 34.5 Å². The number of nitrogens with zero attached hydrogens (tertiary/aromatic N) is 5. The highest BCUT2D eigenvalue weighted by atomic mass is 35.5. The van der Waals surface area contributed by atoms with Crippen LogP contribution in [0.2, 0.25) is 5.02 Å². The molecule has 0 radical (unpaired) electrons. The fourth-order valence-corrected chi connectivity index (χ4v) is 4.91. The van der Waals surface area contributed by atoms with Crippen molar-refractivity contribution in [2.24, 2.45) is 5.10 Å². The Bertz CT molecular complexity index is 1060. The monoisotopic (exact) mass is 487 g/mol. The minimum atomic E-state index is -5.02. The van der Waals surface area contributed by atoms with Crippen molar-refractivity contribution < 1.29 is 23.1 Å². The summed E-state index contributed by atoms with van der Waals surface area (Å²) < 4.78 is 41.9.